The third-order valence-electron chi connectivity index (χ3n) is 2.50. The van der Waals surface area contributed by atoms with Crippen molar-refractivity contribution in [1.82, 2.24) is 4.98 Å². The molecule has 0 bridgehead atoms. The molecule has 0 saturated carbocycles. The summed E-state index contributed by atoms with van der Waals surface area (Å²) in [6.07, 6.45) is 1.63. The normalized spacial score (nSPS) is 10.0. The van der Waals surface area contributed by atoms with E-state index in [9.17, 15) is 4.79 Å². The number of hydrogen-bond donors (Lipinski definition) is 2. The largest absolute Gasteiger partial charge is 0.384 e. The highest BCUT2D eigenvalue weighted by atomic mass is 35.5. The molecule has 1 heterocycles. The molecule has 2 N–H and O–H groups in total. The van der Waals surface area contributed by atoms with Crippen molar-refractivity contribution in [2.24, 2.45) is 0 Å². The van der Waals surface area contributed by atoms with Gasteiger partial charge in [-0.25, -0.2) is 4.98 Å². The molecule has 2 rings (SSSR count). The van der Waals surface area contributed by atoms with E-state index in [0.29, 0.717) is 16.4 Å². The lowest BCUT2D eigenvalue weighted by atomic mass is 10.3. The second-order valence-corrected chi connectivity index (χ2v) is 4.30. The van der Waals surface area contributed by atoms with Gasteiger partial charge in [-0.15, -0.1) is 0 Å². The maximum atomic E-state index is 12.0. The molecule has 98 valence electrons. The monoisotopic (exact) mass is 275 g/mol. The van der Waals surface area contributed by atoms with Gasteiger partial charge in [-0.3, -0.25) is 4.79 Å². The van der Waals surface area contributed by atoms with Gasteiger partial charge in [0.2, 0.25) is 0 Å². The van der Waals surface area contributed by atoms with Crippen LogP contribution in [0.2, 0.25) is 5.02 Å². The Morgan fingerprint density at radius 1 is 1.26 bits per heavy atom. The predicted octanol–water partition coefficient (Wildman–Crippen LogP) is 3.42. The number of anilines is 2. The number of nitrogens with one attached hydrogen (secondary N) is 2. The van der Waals surface area contributed by atoms with Crippen LogP contribution in [0.15, 0.2) is 42.6 Å². The van der Waals surface area contributed by atoms with Crippen LogP contribution < -0.4 is 10.6 Å². The van der Waals surface area contributed by atoms with E-state index in [1.54, 1.807) is 30.5 Å². The van der Waals surface area contributed by atoms with Gasteiger partial charge in [-0.2, -0.15) is 0 Å². The third-order valence-corrected chi connectivity index (χ3v) is 2.83. The molecule has 1 amide bonds. The first kappa shape index (κ1) is 13.4. The molecule has 0 aliphatic heterocycles. The quantitative estimate of drug-likeness (QED) is 0.899. The van der Waals surface area contributed by atoms with Gasteiger partial charge in [0, 0.05) is 6.54 Å². The van der Waals surface area contributed by atoms with Crippen LogP contribution in [-0.4, -0.2) is 17.4 Å². The van der Waals surface area contributed by atoms with E-state index in [1.165, 1.54) is 0 Å². The highest BCUT2D eigenvalue weighted by Crippen LogP contribution is 2.21. The molecule has 0 aliphatic carbocycles. The summed E-state index contributed by atoms with van der Waals surface area (Å²) < 4.78 is 0. The summed E-state index contributed by atoms with van der Waals surface area (Å²) in [7, 11) is 0. The highest BCUT2D eigenvalue weighted by Gasteiger charge is 2.09. The molecule has 19 heavy (non-hydrogen) atoms. The minimum atomic E-state index is -0.281. The molecule has 2 aromatic rings. The van der Waals surface area contributed by atoms with Crippen molar-refractivity contribution in [3.8, 4) is 0 Å². The van der Waals surface area contributed by atoms with Crippen LogP contribution in [0.4, 0.5) is 11.4 Å². The number of benzene rings is 1. The average molecular weight is 276 g/mol. The maximum Gasteiger partial charge on any atom is 0.274 e. The van der Waals surface area contributed by atoms with Crippen molar-refractivity contribution in [1.29, 1.82) is 0 Å². The number of halogens is 1. The SMILES string of the molecule is CCNc1ccc(C(=O)Nc2ccccc2Cl)nc1. The molecule has 0 spiro atoms. The molecule has 1 aromatic carbocycles. The summed E-state index contributed by atoms with van der Waals surface area (Å²) in [5.74, 6) is -0.281. The van der Waals surface area contributed by atoms with E-state index >= 15 is 0 Å². The second kappa shape index (κ2) is 6.20. The molecule has 0 radical (unpaired) electrons. The van der Waals surface area contributed by atoms with Crippen molar-refractivity contribution in [2.45, 2.75) is 6.92 Å². The Morgan fingerprint density at radius 3 is 2.68 bits per heavy atom. The number of nitrogens with zero attached hydrogens (tertiary/aromatic N) is 1. The van der Waals surface area contributed by atoms with Crippen LogP contribution >= 0.6 is 11.6 Å². The lowest BCUT2D eigenvalue weighted by Crippen LogP contribution is -2.14. The molecule has 4 nitrogen and oxygen atoms in total. The number of carbonyl (C=O) groups is 1. The number of amides is 1. The number of para-hydroxylation sites is 1. The summed E-state index contributed by atoms with van der Waals surface area (Å²) in [4.78, 5) is 16.1. The first-order valence-electron chi connectivity index (χ1n) is 5.96. The fourth-order valence-corrected chi connectivity index (χ4v) is 1.77. The number of carbonyl (C=O) groups excluding carboxylic acids is 1. The van der Waals surface area contributed by atoms with Crippen LogP contribution in [0.5, 0.6) is 0 Å². The van der Waals surface area contributed by atoms with Crippen molar-refractivity contribution in [3.05, 3.63) is 53.3 Å². The van der Waals surface area contributed by atoms with Gasteiger partial charge < -0.3 is 10.6 Å². The zero-order valence-electron chi connectivity index (χ0n) is 10.5. The van der Waals surface area contributed by atoms with Crippen LogP contribution in [-0.2, 0) is 0 Å². The zero-order chi connectivity index (χ0) is 13.7. The summed E-state index contributed by atoms with van der Waals surface area (Å²) in [6, 6.07) is 10.6. The van der Waals surface area contributed by atoms with Crippen molar-refractivity contribution in [3.63, 3.8) is 0 Å². The van der Waals surface area contributed by atoms with Crippen molar-refractivity contribution >= 4 is 28.9 Å². The minimum Gasteiger partial charge on any atom is -0.384 e. The Kier molecular flexibility index (Phi) is 4.36. The molecule has 1 aromatic heterocycles. The number of pyridine rings is 1. The fraction of sp³-hybridized carbons (Fsp3) is 0.143. The van der Waals surface area contributed by atoms with Crippen LogP contribution in [0.25, 0.3) is 0 Å². The van der Waals surface area contributed by atoms with Crippen LogP contribution in [0, 0.1) is 0 Å². The molecular formula is C14H14ClN3O. The zero-order valence-corrected chi connectivity index (χ0v) is 11.2. The Balaban J connectivity index is 2.10. The molecule has 0 saturated heterocycles. The van der Waals surface area contributed by atoms with E-state index in [1.807, 2.05) is 19.1 Å². The molecule has 0 unspecified atom stereocenters. The van der Waals surface area contributed by atoms with Gasteiger partial charge >= 0.3 is 0 Å². The summed E-state index contributed by atoms with van der Waals surface area (Å²) >= 11 is 5.98. The molecule has 0 aliphatic rings. The molecular weight excluding hydrogens is 262 g/mol. The smallest absolute Gasteiger partial charge is 0.274 e. The first-order chi connectivity index (χ1) is 9.20. The van der Waals surface area contributed by atoms with E-state index in [0.717, 1.165) is 12.2 Å². The van der Waals surface area contributed by atoms with Gasteiger partial charge in [0.25, 0.3) is 5.91 Å². The Labute approximate surface area is 116 Å². The molecule has 5 heteroatoms. The van der Waals surface area contributed by atoms with Gasteiger partial charge in [0.15, 0.2) is 0 Å². The third kappa shape index (κ3) is 3.45. The van der Waals surface area contributed by atoms with Crippen LogP contribution in [0.1, 0.15) is 17.4 Å². The van der Waals surface area contributed by atoms with Gasteiger partial charge in [-0.1, -0.05) is 23.7 Å². The highest BCUT2D eigenvalue weighted by molar-refractivity contribution is 6.33. The van der Waals surface area contributed by atoms with Crippen molar-refractivity contribution < 1.29 is 4.79 Å². The number of hydrogen-bond acceptors (Lipinski definition) is 3. The number of rotatable bonds is 4. The second-order valence-electron chi connectivity index (χ2n) is 3.90. The predicted molar refractivity (Wildman–Crippen MR) is 77.8 cm³/mol. The summed E-state index contributed by atoms with van der Waals surface area (Å²) in [6.45, 7) is 2.81. The average Bonchev–Trinajstić information content (AvgIpc) is 2.42. The van der Waals surface area contributed by atoms with E-state index in [-0.39, 0.29) is 5.91 Å². The van der Waals surface area contributed by atoms with Crippen LogP contribution in [0.3, 0.4) is 0 Å². The number of aromatic nitrogens is 1. The summed E-state index contributed by atoms with van der Waals surface area (Å²) in [5, 5.41) is 6.34. The Morgan fingerprint density at radius 2 is 2.05 bits per heavy atom. The lowest BCUT2D eigenvalue weighted by Gasteiger charge is -2.07. The molecule has 0 fully saturated rings. The van der Waals surface area contributed by atoms with Gasteiger partial charge in [0.1, 0.15) is 5.69 Å². The Bertz CT molecular complexity index is 569. The maximum absolute atomic E-state index is 12.0. The Hall–Kier alpha value is -2.07. The van der Waals surface area contributed by atoms with Gasteiger partial charge in [0.05, 0.1) is 22.6 Å². The lowest BCUT2D eigenvalue weighted by molar-refractivity contribution is 0.102. The minimum absolute atomic E-state index is 0.281. The van der Waals surface area contributed by atoms with Crippen molar-refractivity contribution in [2.75, 3.05) is 17.2 Å². The molecule has 0 atom stereocenters. The van der Waals surface area contributed by atoms with E-state index in [2.05, 4.69) is 15.6 Å². The standard InChI is InChI=1S/C14H14ClN3O/c1-2-16-10-7-8-13(17-9-10)14(19)18-12-6-4-3-5-11(12)15/h3-9,16H,2H2,1H3,(H,18,19). The van der Waals surface area contributed by atoms with E-state index < -0.39 is 0 Å². The first-order valence-corrected chi connectivity index (χ1v) is 6.34. The fourth-order valence-electron chi connectivity index (χ4n) is 1.59. The topological polar surface area (TPSA) is 54.0 Å². The van der Waals surface area contributed by atoms with E-state index in [4.69, 9.17) is 11.6 Å². The summed E-state index contributed by atoms with van der Waals surface area (Å²) in [5.41, 5.74) is 1.81. The van der Waals surface area contributed by atoms with Gasteiger partial charge in [-0.05, 0) is 31.2 Å².